The van der Waals surface area contributed by atoms with E-state index < -0.39 is 5.97 Å². The Hall–Kier alpha value is -2.09. The van der Waals surface area contributed by atoms with E-state index in [9.17, 15) is 4.79 Å². The Kier molecular flexibility index (Phi) is 3.78. The predicted octanol–water partition coefficient (Wildman–Crippen LogP) is 2.22. The van der Waals surface area contributed by atoms with Gasteiger partial charge in [-0.3, -0.25) is 0 Å². The number of tetrazole rings is 1. The van der Waals surface area contributed by atoms with E-state index in [1.54, 1.807) is 18.2 Å². The molecule has 0 saturated heterocycles. The van der Waals surface area contributed by atoms with Crippen molar-refractivity contribution >= 4 is 23.4 Å². The van der Waals surface area contributed by atoms with Gasteiger partial charge in [0.1, 0.15) is 0 Å². The van der Waals surface area contributed by atoms with Crippen molar-refractivity contribution in [3.8, 4) is 0 Å². The summed E-state index contributed by atoms with van der Waals surface area (Å²) in [5, 5.41) is 21.6. The lowest BCUT2D eigenvalue weighted by Crippen LogP contribution is -2.08. The molecule has 0 radical (unpaired) electrons. The Morgan fingerprint density at radius 3 is 2.86 bits per heavy atom. The van der Waals surface area contributed by atoms with Gasteiger partial charge >= 0.3 is 5.97 Å². The molecule has 1 heterocycles. The number of benzene rings is 1. The van der Waals surface area contributed by atoms with E-state index in [0.29, 0.717) is 11.2 Å². The molecule has 0 unspecified atom stereocenters. The molecule has 1 aliphatic rings. The molecule has 3 rings (SSSR count). The van der Waals surface area contributed by atoms with Gasteiger partial charge < -0.3 is 10.8 Å². The molecule has 1 fully saturated rings. The van der Waals surface area contributed by atoms with Crippen molar-refractivity contribution in [2.75, 3.05) is 5.73 Å². The van der Waals surface area contributed by atoms with Crippen LogP contribution in [0.5, 0.6) is 0 Å². The molecule has 1 saturated carbocycles. The Morgan fingerprint density at radius 1 is 1.38 bits per heavy atom. The fourth-order valence-corrected chi connectivity index (χ4v) is 3.40. The molecule has 0 atom stereocenters. The maximum absolute atomic E-state index is 11.1. The van der Waals surface area contributed by atoms with Gasteiger partial charge in [0.2, 0.25) is 5.16 Å². The van der Waals surface area contributed by atoms with E-state index >= 15 is 0 Å². The smallest absolute Gasteiger partial charge is 0.337 e. The number of nitrogen functional groups attached to an aromatic ring is 1. The van der Waals surface area contributed by atoms with Crippen LogP contribution < -0.4 is 5.73 Å². The van der Waals surface area contributed by atoms with E-state index in [-0.39, 0.29) is 11.3 Å². The first-order valence-corrected chi connectivity index (χ1v) is 7.55. The van der Waals surface area contributed by atoms with Gasteiger partial charge in [0.05, 0.1) is 11.6 Å². The Labute approximate surface area is 125 Å². The van der Waals surface area contributed by atoms with Gasteiger partial charge in [-0.15, -0.1) is 5.10 Å². The molecular weight excluding hydrogens is 290 g/mol. The summed E-state index contributed by atoms with van der Waals surface area (Å²) in [6.45, 7) is 0. The maximum Gasteiger partial charge on any atom is 0.337 e. The van der Waals surface area contributed by atoms with Crippen molar-refractivity contribution in [2.24, 2.45) is 0 Å². The lowest BCUT2D eigenvalue weighted by molar-refractivity contribution is 0.0698. The number of carboxylic acid groups (broad SMARTS) is 1. The molecule has 1 aromatic carbocycles. The van der Waals surface area contributed by atoms with E-state index in [2.05, 4.69) is 15.5 Å². The third-order valence-electron chi connectivity index (χ3n) is 3.60. The standard InChI is InChI=1S/C13H15N5O2S/c14-11-6-5-9(7-10(11)12(19)20)21-13-15-16-17-18(13)8-3-1-2-4-8/h5-8H,1-4,14H2,(H,19,20). The topological polar surface area (TPSA) is 107 Å². The zero-order valence-electron chi connectivity index (χ0n) is 11.3. The molecule has 1 aliphatic carbocycles. The maximum atomic E-state index is 11.1. The molecular formula is C13H15N5O2S. The lowest BCUT2D eigenvalue weighted by atomic mass is 10.2. The second-order valence-electron chi connectivity index (χ2n) is 5.00. The lowest BCUT2D eigenvalue weighted by Gasteiger charge is -2.11. The van der Waals surface area contributed by atoms with E-state index in [0.717, 1.165) is 17.7 Å². The molecule has 2 aromatic rings. The minimum Gasteiger partial charge on any atom is -0.478 e. The average molecular weight is 305 g/mol. The van der Waals surface area contributed by atoms with Gasteiger partial charge in [-0.05, 0) is 53.2 Å². The van der Waals surface area contributed by atoms with Crippen LogP contribution in [0.4, 0.5) is 5.69 Å². The summed E-state index contributed by atoms with van der Waals surface area (Å²) in [5.41, 5.74) is 6.01. The number of aromatic carboxylic acids is 1. The molecule has 0 amide bonds. The number of aromatic nitrogens is 4. The minimum atomic E-state index is -1.04. The van der Waals surface area contributed by atoms with Crippen molar-refractivity contribution < 1.29 is 9.90 Å². The van der Waals surface area contributed by atoms with Crippen molar-refractivity contribution in [2.45, 2.75) is 41.8 Å². The average Bonchev–Trinajstić information content (AvgIpc) is 3.11. The van der Waals surface area contributed by atoms with Crippen LogP contribution >= 0.6 is 11.8 Å². The normalized spacial score (nSPS) is 15.4. The van der Waals surface area contributed by atoms with E-state index in [4.69, 9.17) is 10.8 Å². The highest BCUT2D eigenvalue weighted by atomic mass is 32.2. The number of carbonyl (C=O) groups is 1. The minimum absolute atomic E-state index is 0.0971. The fourth-order valence-electron chi connectivity index (χ4n) is 2.52. The Balaban J connectivity index is 1.85. The van der Waals surface area contributed by atoms with E-state index in [1.807, 2.05) is 4.68 Å². The SMILES string of the molecule is Nc1ccc(Sc2nnnn2C2CCCC2)cc1C(=O)O. The molecule has 1 aromatic heterocycles. The summed E-state index contributed by atoms with van der Waals surface area (Å²) in [4.78, 5) is 11.9. The van der Waals surface area contributed by atoms with Crippen LogP contribution in [0, 0.1) is 0 Å². The van der Waals surface area contributed by atoms with Crippen LogP contribution in [0.2, 0.25) is 0 Å². The summed E-state index contributed by atoms with van der Waals surface area (Å²) in [6.07, 6.45) is 4.56. The van der Waals surface area contributed by atoms with Gasteiger partial charge in [0.15, 0.2) is 0 Å². The summed E-state index contributed by atoms with van der Waals surface area (Å²) >= 11 is 1.36. The highest BCUT2D eigenvalue weighted by Gasteiger charge is 2.22. The number of anilines is 1. The third-order valence-corrected chi connectivity index (χ3v) is 4.54. The number of rotatable bonds is 4. The quantitative estimate of drug-likeness (QED) is 0.834. The monoisotopic (exact) mass is 305 g/mol. The number of nitrogens with zero attached hydrogens (tertiary/aromatic N) is 4. The zero-order valence-corrected chi connectivity index (χ0v) is 12.1. The van der Waals surface area contributed by atoms with Crippen molar-refractivity contribution in [1.82, 2.24) is 20.2 Å². The van der Waals surface area contributed by atoms with Crippen LogP contribution in [0.1, 0.15) is 42.1 Å². The summed E-state index contributed by atoms with van der Waals surface area (Å²) in [6, 6.07) is 5.27. The van der Waals surface area contributed by atoms with Crippen molar-refractivity contribution in [3.63, 3.8) is 0 Å². The molecule has 0 spiro atoms. The second kappa shape index (κ2) is 5.72. The Bertz CT molecular complexity index is 666. The molecule has 0 aliphatic heterocycles. The molecule has 0 bridgehead atoms. The largest absolute Gasteiger partial charge is 0.478 e. The molecule has 110 valence electrons. The first-order valence-electron chi connectivity index (χ1n) is 6.73. The summed E-state index contributed by atoms with van der Waals surface area (Å²) in [7, 11) is 0. The molecule has 8 heteroatoms. The van der Waals surface area contributed by atoms with Crippen molar-refractivity contribution in [3.05, 3.63) is 23.8 Å². The van der Waals surface area contributed by atoms with Gasteiger partial charge in [-0.2, -0.15) is 0 Å². The molecule has 21 heavy (non-hydrogen) atoms. The number of carboxylic acids is 1. The van der Waals surface area contributed by atoms with Crippen LogP contribution in [0.15, 0.2) is 28.3 Å². The van der Waals surface area contributed by atoms with Crippen LogP contribution in [0.25, 0.3) is 0 Å². The number of hydrogen-bond acceptors (Lipinski definition) is 6. The second-order valence-corrected chi connectivity index (χ2v) is 6.04. The van der Waals surface area contributed by atoms with Crippen LogP contribution in [-0.4, -0.2) is 31.3 Å². The first-order chi connectivity index (χ1) is 10.1. The van der Waals surface area contributed by atoms with Gasteiger partial charge in [0.25, 0.3) is 0 Å². The molecule has 7 nitrogen and oxygen atoms in total. The summed E-state index contributed by atoms with van der Waals surface area (Å²) in [5.74, 6) is -1.04. The first kappa shape index (κ1) is 13.9. The summed E-state index contributed by atoms with van der Waals surface area (Å²) < 4.78 is 1.84. The van der Waals surface area contributed by atoms with Crippen molar-refractivity contribution in [1.29, 1.82) is 0 Å². The third kappa shape index (κ3) is 2.85. The number of nitrogens with two attached hydrogens (primary N) is 1. The van der Waals surface area contributed by atoms with Crippen LogP contribution in [0.3, 0.4) is 0 Å². The van der Waals surface area contributed by atoms with Gasteiger partial charge in [0, 0.05) is 10.6 Å². The van der Waals surface area contributed by atoms with Gasteiger partial charge in [-0.25, -0.2) is 9.48 Å². The van der Waals surface area contributed by atoms with Crippen LogP contribution in [-0.2, 0) is 0 Å². The fraction of sp³-hybridized carbons (Fsp3) is 0.385. The van der Waals surface area contributed by atoms with Gasteiger partial charge in [-0.1, -0.05) is 12.8 Å². The predicted molar refractivity (Wildman–Crippen MR) is 77.3 cm³/mol. The number of hydrogen-bond donors (Lipinski definition) is 2. The van der Waals surface area contributed by atoms with E-state index in [1.165, 1.54) is 24.6 Å². The highest BCUT2D eigenvalue weighted by molar-refractivity contribution is 7.99. The highest BCUT2D eigenvalue weighted by Crippen LogP contribution is 2.34. The molecule has 3 N–H and O–H groups in total. The zero-order chi connectivity index (χ0) is 14.8. The Morgan fingerprint density at radius 2 is 2.14 bits per heavy atom.